The van der Waals surface area contributed by atoms with E-state index < -0.39 is 5.60 Å². The molecule has 4 N–H and O–H groups in total. The second-order valence-electron chi connectivity index (χ2n) is 4.11. The Morgan fingerprint density at radius 1 is 1.60 bits per heavy atom. The molecule has 1 atom stereocenters. The van der Waals surface area contributed by atoms with Crippen LogP contribution in [0, 0.1) is 5.92 Å². The van der Waals surface area contributed by atoms with Crippen LogP contribution in [0.15, 0.2) is 0 Å². The third kappa shape index (κ3) is 2.67. The van der Waals surface area contributed by atoms with Crippen molar-refractivity contribution in [3.8, 4) is 0 Å². The van der Waals surface area contributed by atoms with Crippen molar-refractivity contribution in [1.29, 1.82) is 0 Å². The van der Waals surface area contributed by atoms with E-state index in [0.717, 1.165) is 12.3 Å². The quantitative estimate of drug-likeness (QED) is 0.582. The van der Waals surface area contributed by atoms with Crippen molar-refractivity contribution in [3.63, 3.8) is 0 Å². The highest BCUT2D eigenvalue weighted by Crippen LogP contribution is 2.33. The van der Waals surface area contributed by atoms with Crippen molar-refractivity contribution in [2.24, 2.45) is 5.92 Å². The standard InChI is InChI=1S/C8H17NO/c1-8(2,10)5-7(9)6-3-4-6/h6-7,10H,3-5,9H2,1-2H3/p+1. The Bertz CT molecular complexity index is 113. The van der Waals surface area contributed by atoms with E-state index in [1.807, 2.05) is 13.8 Å². The van der Waals surface area contributed by atoms with Crippen LogP contribution in [0.4, 0.5) is 0 Å². The van der Waals surface area contributed by atoms with Crippen LogP contribution in [0.25, 0.3) is 0 Å². The number of hydrogen-bond donors (Lipinski definition) is 2. The van der Waals surface area contributed by atoms with E-state index in [4.69, 9.17) is 0 Å². The smallest absolute Gasteiger partial charge is 0.0899 e. The summed E-state index contributed by atoms with van der Waals surface area (Å²) in [5, 5.41) is 9.42. The summed E-state index contributed by atoms with van der Waals surface area (Å²) in [5.41, 5.74) is 3.51. The first-order chi connectivity index (χ1) is 4.49. The molecule has 1 aliphatic carbocycles. The maximum Gasteiger partial charge on any atom is 0.0899 e. The molecule has 60 valence electrons. The van der Waals surface area contributed by atoms with Gasteiger partial charge >= 0.3 is 0 Å². The van der Waals surface area contributed by atoms with Gasteiger partial charge in [-0.1, -0.05) is 0 Å². The molecule has 0 heterocycles. The summed E-state index contributed by atoms with van der Waals surface area (Å²) in [6.45, 7) is 3.71. The van der Waals surface area contributed by atoms with Crippen molar-refractivity contribution in [2.45, 2.75) is 44.8 Å². The van der Waals surface area contributed by atoms with Gasteiger partial charge in [-0.25, -0.2) is 0 Å². The molecule has 0 aromatic heterocycles. The maximum absolute atomic E-state index is 9.42. The van der Waals surface area contributed by atoms with Gasteiger partial charge in [-0.05, 0) is 26.7 Å². The SMILES string of the molecule is CC(C)(O)CC([NH3+])C1CC1. The van der Waals surface area contributed by atoms with E-state index in [1.165, 1.54) is 12.8 Å². The first-order valence-electron chi connectivity index (χ1n) is 4.04. The second kappa shape index (κ2) is 2.51. The Morgan fingerprint density at radius 3 is 2.40 bits per heavy atom. The fraction of sp³-hybridized carbons (Fsp3) is 1.00. The summed E-state index contributed by atoms with van der Waals surface area (Å²) >= 11 is 0. The van der Waals surface area contributed by atoms with Crippen LogP contribution in [0.2, 0.25) is 0 Å². The summed E-state index contributed by atoms with van der Waals surface area (Å²) in [4.78, 5) is 0. The zero-order valence-corrected chi connectivity index (χ0v) is 6.93. The number of rotatable bonds is 3. The zero-order chi connectivity index (χ0) is 7.78. The molecule has 2 nitrogen and oxygen atoms in total. The highest BCUT2D eigenvalue weighted by atomic mass is 16.3. The minimum absolute atomic E-state index is 0.472. The Labute approximate surface area is 62.4 Å². The van der Waals surface area contributed by atoms with Gasteiger partial charge < -0.3 is 10.8 Å². The Balaban J connectivity index is 2.23. The lowest BCUT2D eigenvalue weighted by atomic mass is 9.97. The molecule has 0 aromatic carbocycles. The summed E-state index contributed by atoms with van der Waals surface area (Å²) in [7, 11) is 0. The van der Waals surface area contributed by atoms with E-state index in [-0.39, 0.29) is 0 Å². The molecule has 0 bridgehead atoms. The van der Waals surface area contributed by atoms with Crippen molar-refractivity contribution in [1.82, 2.24) is 0 Å². The molecule has 10 heavy (non-hydrogen) atoms. The molecule has 0 saturated heterocycles. The predicted octanol–water partition coefficient (Wildman–Crippen LogP) is 0.168. The molecule has 0 aromatic rings. The van der Waals surface area contributed by atoms with Gasteiger partial charge in [0.25, 0.3) is 0 Å². The zero-order valence-electron chi connectivity index (χ0n) is 6.93. The van der Waals surface area contributed by atoms with Gasteiger partial charge in [-0.3, -0.25) is 0 Å². The van der Waals surface area contributed by atoms with E-state index in [0.29, 0.717) is 6.04 Å². The predicted molar refractivity (Wildman–Crippen MR) is 40.3 cm³/mol. The van der Waals surface area contributed by atoms with Gasteiger partial charge in [0.05, 0.1) is 11.6 Å². The van der Waals surface area contributed by atoms with E-state index in [1.54, 1.807) is 0 Å². The Kier molecular flexibility index (Phi) is 2.02. The van der Waals surface area contributed by atoms with Crippen molar-refractivity contribution >= 4 is 0 Å². The molecule has 0 radical (unpaired) electrons. The van der Waals surface area contributed by atoms with Crippen LogP contribution in [0.3, 0.4) is 0 Å². The largest absolute Gasteiger partial charge is 0.390 e. The number of aliphatic hydroxyl groups is 1. The summed E-state index contributed by atoms with van der Waals surface area (Å²) in [6, 6.07) is 0.472. The first-order valence-corrected chi connectivity index (χ1v) is 4.04. The van der Waals surface area contributed by atoms with Crippen molar-refractivity contribution in [2.75, 3.05) is 0 Å². The van der Waals surface area contributed by atoms with Gasteiger partial charge in [0, 0.05) is 12.3 Å². The monoisotopic (exact) mass is 144 g/mol. The number of hydrogen-bond acceptors (Lipinski definition) is 1. The summed E-state index contributed by atoms with van der Waals surface area (Å²) < 4.78 is 0. The molecule has 1 unspecified atom stereocenters. The normalized spacial score (nSPS) is 22.8. The van der Waals surface area contributed by atoms with Crippen LogP contribution in [-0.4, -0.2) is 16.7 Å². The molecule has 0 aliphatic heterocycles. The molecule has 2 heteroatoms. The fourth-order valence-corrected chi connectivity index (χ4v) is 1.38. The van der Waals surface area contributed by atoms with Crippen LogP contribution in [0.1, 0.15) is 33.1 Å². The van der Waals surface area contributed by atoms with Gasteiger partial charge in [0.2, 0.25) is 0 Å². The van der Waals surface area contributed by atoms with Gasteiger partial charge in [0.15, 0.2) is 0 Å². The lowest BCUT2D eigenvalue weighted by Gasteiger charge is -2.19. The molecular formula is C8H18NO+. The Morgan fingerprint density at radius 2 is 2.10 bits per heavy atom. The second-order valence-corrected chi connectivity index (χ2v) is 4.11. The fourth-order valence-electron chi connectivity index (χ4n) is 1.38. The van der Waals surface area contributed by atoms with Crippen molar-refractivity contribution < 1.29 is 10.8 Å². The minimum atomic E-state index is -0.519. The molecule has 1 aliphatic rings. The summed E-state index contributed by atoms with van der Waals surface area (Å²) in [6.07, 6.45) is 3.49. The highest BCUT2D eigenvalue weighted by molar-refractivity contribution is 4.83. The molecule has 1 fully saturated rings. The van der Waals surface area contributed by atoms with Gasteiger partial charge in [0.1, 0.15) is 0 Å². The lowest BCUT2D eigenvalue weighted by Crippen LogP contribution is -2.64. The highest BCUT2D eigenvalue weighted by Gasteiger charge is 2.34. The average molecular weight is 144 g/mol. The average Bonchev–Trinajstić information content (AvgIpc) is 2.35. The Hall–Kier alpha value is -0.0800. The molecule has 0 spiro atoms. The minimum Gasteiger partial charge on any atom is -0.390 e. The molecular weight excluding hydrogens is 126 g/mol. The molecule has 0 amide bonds. The van der Waals surface area contributed by atoms with E-state index in [9.17, 15) is 5.11 Å². The summed E-state index contributed by atoms with van der Waals surface area (Å²) in [5.74, 6) is 0.812. The third-order valence-electron chi connectivity index (χ3n) is 2.05. The third-order valence-corrected chi connectivity index (χ3v) is 2.05. The van der Waals surface area contributed by atoms with Gasteiger partial charge in [-0.2, -0.15) is 0 Å². The van der Waals surface area contributed by atoms with Crippen LogP contribution in [-0.2, 0) is 0 Å². The number of quaternary nitrogens is 1. The van der Waals surface area contributed by atoms with Crippen LogP contribution >= 0.6 is 0 Å². The lowest BCUT2D eigenvalue weighted by molar-refractivity contribution is -0.432. The maximum atomic E-state index is 9.42. The molecule has 1 rings (SSSR count). The van der Waals surface area contributed by atoms with E-state index in [2.05, 4.69) is 5.73 Å². The van der Waals surface area contributed by atoms with Crippen LogP contribution < -0.4 is 5.73 Å². The van der Waals surface area contributed by atoms with E-state index >= 15 is 0 Å². The van der Waals surface area contributed by atoms with Crippen molar-refractivity contribution in [3.05, 3.63) is 0 Å². The first kappa shape index (κ1) is 8.02. The van der Waals surface area contributed by atoms with Crippen LogP contribution in [0.5, 0.6) is 0 Å². The molecule has 1 saturated carbocycles. The topological polar surface area (TPSA) is 47.9 Å². The van der Waals surface area contributed by atoms with Gasteiger partial charge in [-0.15, -0.1) is 0 Å².